The number of allylic oxidation sites excluding steroid dienone is 2. The Morgan fingerprint density at radius 3 is 2.92 bits per heavy atom. The Balaban J connectivity index is 2.21. The third kappa shape index (κ3) is 1.70. The summed E-state index contributed by atoms with van der Waals surface area (Å²) in [5, 5.41) is 0. The third-order valence-electron chi connectivity index (χ3n) is 3.55. The second kappa shape index (κ2) is 3.65. The summed E-state index contributed by atoms with van der Waals surface area (Å²) in [5.41, 5.74) is 3.17. The lowest BCUT2D eigenvalue weighted by Gasteiger charge is -2.30. The molecule has 0 radical (unpaired) electrons. The highest BCUT2D eigenvalue weighted by Crippen LogP contribution is 2.39. The average Bonchev–Trinajstić information content (AvgIpc) is 2.16. The Kier molecular flexibility index (Phi) is 2.52. The first kappa shape index (κ1) is 8.98. The molecule has 72 valence electrons. The van der Waals surface area contributed by atoms with E-state index in [2.05, 4.69) is 6.92 Å². The molecule has 0 spiro atoms. The molecule has 2 aliphatic carbocycles. The van der Waals surface area contributed by atoms with Crippen molar-refractivity contribution < 1.29 is 4.79 Å². The monoisotopic (exact) mass is 178 g/mol. The summed E-state index contributed by atoms with van der Waals surface area (Å²) >= 11 is 0. The van der Waals surface area contributed by atoms with Gasteiger partial charge in [-0.2, -0.15) is 0 Å². The lowest BCUT2D eigenvalue weighted by atomic mass is 9.74. The average molecular weight is 178 g/mol. The zero-order valence-corrected chi connectivity index (χ0v) is 8.44. The van der Waals surface area contributed by atoms with Crippen LogP contribution < -0.4 is 0 Å². The molecule has 1 atom stereocenters. The first-order chi connectivity index (χ1) is 6.31. The minimum absolute atomic E-state index is 0.468. The van der Waals surface area contributed by atoms with Crippen molar-refractivity contribution in [1.82, 2.24) is 0 Å². The van der Waals surface area contributed by atoms with Gasteiger partial charge in [-0.05, 0) is 38.0 Å². The Hall–Kier alpha value is -0.590. The number of rotatable bonds is 1. The summed E-state index contributed by atoms with van der Waals surface area (Å²) in [4.78, 5) is 11.3. The summed E-state index contributed by atoms with van der Waals surface area (Å²) in [6.07, 6.45) is 7.83. The van der Waals surface area contributed by atoms with Crippen LogP contribution in [0.1, 0.15) is 51.9 Å². The summed E-state index contributed by atoms with van der Waals surface area (Å²) in [6, 6.07) is 0. The van der Waals surface area contributed by atoms with Gasteiger partial charge in [0.15, 0.2) is 0 Å². The lowest BCUT2D eigenvalue weighted by molar-refractivity contribution is -0.118. The fourth-order valence-corrected chi connectivity index (χ4v) is 2.82. The summed E-state index contributed by atoms with van der Waals surface area (Å²) < 4.78 is 0. The third-order valence-corrected chi connectivity index (χ3v) is 3.55. The molecule has 1 unspecified atom stereocenters. The molecule has 0 aromatic heterocycles. The van der Waals surface area contributed by atoms with Gasteiger partial charge in [0.1, 0.15) is 5.78 Å². The Morgan fingerprint density at radius 1 is 1.31 bits per heavy atom. The second-order valence-corrected chi connectivity index (χ2v) is 4.34. The SMILES string of the molecule is CCC1CCCC2=C1CCC(=O)C2. The van der Waals surface area contributed by atoms with Gasteiger partial charge in [-0.3, -0.25) is 4.79 Å². The van der Waals surface area contributed by atoms with Crippen LogP contribution in [0.3, 0.4) is 0 Å². The van der Waals surface area contributed by atoms with Crippen LogP contribution >= 0.6 is 0 Å². The van der Waals surface area contributed by atoms with Crippen LogP contribution in [0.5, 0.6) is 0 Å². The highest BCUT2D eigenvalue weighted by Gasteiger charge is 2.26. The molecule has 0 bridgehead atoms. The maximum Gasteiger partial charge on any atom is 0.137 e. The Morgan fingerprint density at radius 2 is 2.15 bits per heavy atom. The number of carbonyl (C=O) groups is 1. The van der Waals surface area contributed by atoms with Crippen LogP contribution in [0, 0.1) is 5.92 Å². The van der Waals surface area contributed by atoms with Crippen molar-refractivity contribution in [2.45, 2.75) is 51.9 Å². The van der Waals surface area contributed by atoms with Crippen molar-refractivity contribution >= 4 is 5.78 Å². The molecule has 0 N–H and O–H groups in total. The molecular weight excluding hydrogens is 160 g/mol. The Labute approximate surface area is 80.2 Å². The molecule has 1 nitrogen and oxygen atoms in total. The summed E-state index contributed by atoms with van der Waals surface area (Å²) in [7, 11) is 0. The van der Waals surface area contributed by atoms with Crippen molar-refractivity contribution in [3.05, 3.63) is 11.1 Å². The molecule has 1 heteroatoms. The van der Waals surface area contributed by atoms with Gasteiger partial charge in [-0.15, -0.1) is 0 Å². The minimum Gasteiger partial charge on any atom is -0.299 e. The molecular formula is C12H18O. The van der Waals surface area contributed by atoms with Crippen molar-refractivity contribution in [3.63, 3.8) is 0 Å². The van der Waals surface area contributed by atoms with Crippen molar-refractivity contribution in [2.75, 3.05) is 0 Å². The van der Waals surface area contributed by atoms with Gasteiger partial charge in [0, 0.05) is 12.8 Å². The van der Waals surface area contributed by atoms with Gasteiger partial charge in [-0.1, -0.05) is 18.1 Å². The maximum absolute atomic E-state index is 11.3. The molecule has 0 heterocycles. The molecule has 13 heavy (non-hydrogen) atoms. The number of hydrogen-bond acceptors (Lipinski definition) is 1. The molecule has 0 amide bonds. The molecule has 0 fully saturated rings. The van der Waals surface area contributed by atoms with Gasteiger partial charge in [0.2, 0.25) is 0 Å². The van der Waals surface area contributed by atoms with Crippen LogP contribution in [0.4, 0.5) is 0 Å². The molecule has 0 aromatic carbocycles. The van der Waals surface area contributed by atoms with Crippen LogP contribution in [0.25, 0.3) is 0 Å². The van der Waals surface area contributed by atoms with E-state index in [1.807, 2.05) is 0 Å². The van der Waals surface area contributed by atoms with E-state index in [4.69, 9.17) is 0 Å². The largest absolute Gasteiger partial charge is 0.299 e. The van der Waals surface area contributed by atoms with Gasteiger partial charge in [-0.25, -0.2) is 0 Å². The number of carbonyl (C=O) groups excluding carboxylic acids is 1. The lowest BCUT2D eigenvalue weighted by Crippen LogP contribution is -2.19. The van der Waals surface area contributed by atoms with Gasteiger partial charge >= 0.3 is 0 Å². The quantitative estimate of drug-likeness (QED) is 0.563. The van der Waals surface area contributed by atoms with Crippen molar-refractivity contribution in [3.8, 4) is 0 Å². The van der Waals surface area contributed by atoms with E-state index in [1.165, 1.54) is 31.3 Å². The molecule has 2 aliphatic rings. The van der Waals surface area contributed by atoms with E-state index in [9.17, 15) is 4.79 Å². The maximum atomic E-state index is 11.3. The molecule has 0 aliphatic heterocycles. The molecule has 0 saturated carbocycles. The fraction of sp³-hybridized carbons (Fsp3) is 0.750. The fourth-order valence-electron chi connectivity index (χ4n) is 2.82. The number of hydrogen-bond donors (Lipinski definition) is 0. The minimum atomic E-state index is 0.468. The van der Waals surface area contributed by atoms with E-state index < -0.39 is 0 Å². The number of ketones is 1. The van der Waals surface area contributed by atoms with E-state index in [0.717, 1.165) is 25.2 Å². The summed E-state index contributed by atoms with van der Waals surface area (Å²) in [5.74, 6) is 1.28. The zero-order valence-electron chi connectivity index (χ0n) is 8.44. The van der Waals surface area contributed by atoms with Crippen molar-refractivity contribution in [1.29, 1.82) is 0 Å². The van der Waals surface area contributed by atoms with E-state index >= 15 is 0 Å². The normalized spacial score (nSPS) is 29.0. The highest BCUT2D eigenvalue weighted by molar-refractivity contribution is 5.82. The van der Waals surface area contributed by atoms with Gasteiger partial charge in [0.25, 0.3) is 0 Å². The first-order valence-corrected chi connectivity index (χ1v) is 5.53. The number of Topliss-reactive ketones (excluding diaryl/α,β-unsaturated/α-hetero) is 1. The van der Waals surface area contributed by atoms with Crippen LogP contribution in [0.15, 0.2) is 11.1 Å². The topological polar surface area (TPSA) is 17.1 Å². The molecule has 2 rings (SSSR count). The molecule has 0 saturated heterocycles. The summed E-state index contributed by atoms with van der Waals surface area (Å²) in [6.45, 7) is 2.27. The van der Waals surface area contributed by atoms with Crippen LogP contribution in [-0.4, -0.2) is 5.78 Å². The van der Waals surface area contributed by atoms with Crippen LogP contribution in [0.2, 0.25) is 0 Å². The predicted molar refractivity (Wildman–Crippen MR) is 53.5 cm³/mol. The predicted octanol–water partition coefficient (Wildman–Crippen LogP) is 3.25. The smallest absolute Gasteiger partial charge is 0.137 e. The zero-order chi connectivity index (χ0) is 9.26. The van der Waals surface area contributed by atoms with Gasteiger partial charge < -0.3 is 0 Å². The van der Waals surface area contributed by atoms with E-state index in [0.29, 0.717) is 5.78 Å². The highest BCUT2D eigenvalue weighted by atomic mass is 16.1. The van der Waals surface area contributed by atoms with E-state index in [1.54, 1.807) is 5.57 Å². The van der Waals surface area contributed by atoms with Crippen LogP contribution in [-0.2, 0) is 4.79 Å². The van der Waals surface area contributed by atoms with Crippen molar-refractivity contribution in [2.24, 2.45) is 5.92 Å². The van der Waals surface area contributed by atoms with Gasteiger partial charge in [0.05, 0.1) is 0 Å². The second-order valence-electron chi connectivity index (χ2n) is 4.34. The molecule has 0 aromatic rings. The van der Waals surface area contributed by atoms with E-state index in [-0.39, 0.29) is 0 Å². The first-order valence-electron chi connectivity index (χ1n) is 5.53. The Bertz CT molecular complexity index is 250. The standard InChI is InChI=1S/C12H18O/c1-2-9-4-3-5-10-8-11(13)6-7-12(9)10/h9H,2-8H2,1H3.